The number of hydrogen-bond acceptors (Lipinski definition) is 3. The Balaban J connectivity index is 2.47. The number of nitrogens with two attached hydrogens (primary N) is 1. The normalized spacial score (nSPS) is 13.2. The Morgan fingerprint density at radius 1 is 1.56 bits per heavy atom. The number of nitrogens with zero attached hydrogens (tertiary/aromatic N) is 1. The molecule has 2 aromatic rings. The quantitative estimate of drug-likeness (QED) is 0.897. The van der Waals surface area contributed by atoms with Gasteiger partial charge in [0.25, 0.3) is 0 Å². The van der Waals surface area contributed by atoms with Crippen molar-refractivity contribution in [2.24, 2.45) is 5.73 Å². The van der Waals surface area contributed by atoms with E-state index < -0.39 is 5.82 Å². The summed E-state index contributed by atoms with van der Waals surface area (Å²) in [7, 11) is 0. The Hall–Kier alpha value is -1.13. The second kappa shape index (κ2) is 4.39. The molecule has 0 aliphatic carbocycles. The van der Waals surface area contributed by atoms with Crippen LogP contribution in [0.5, 0.6) is 0 Å². The molecule has 1 heterocycles. The summed E-state index contributed by atoms with van der Waals surface area (Å²) in [6.45, 7) is 2.02. The van der Waals surface area contributed by atoms with Crippen LogP contribution in [-0.4, -0.2) is 4.98 Å². The van der Waals surface area contributed by atoms with Crippen molar-refractivity contribution in [3.63, 3.8) is 0 Å². The van der Waals surface area contributed by atoms with Gasteiger partial charge in [-0.2, -0.15) is 0 Å². The van der Waals surface area contributed by atoms with Gasteiger partial charge in [-0.25, -0.2) is 9.37 Å². The molecule has 2 rings (SSSR count). The first-order valence-electron chi connectivity index (χ1n) is 5.13. The summed E-state index contributed by atoms with van der Waals surface area (Å²) in [5.74, 6) is -0.0224. The maximum absolute atomic E-state index is 13.1. The first-order chi connectivity index (χ1) is 7.61. The van der Waals surface area contributed by atoms with Crippen LogP contribution in [-0.2, 0) is 0 Å². The molecule has 0 aliphatic heterocycles. The van der Waals surface area contributed by atoms with Crippen LogP contribution in [0.15, 0.2) is 16.5 Å². The fourth-order valence-electron chi connectivity index (χ4n) is 1.57. The van der Waals surface area contributed by atoms with Crippen LogP contribution in [0.4, 0.5) is 4.39 Å². The summed E-state index contributed by atoms with van der Waals surface area (Å²) < 4.78 is 18.5. The molecule has 0 saturated heterocycles. The maximum atomic E-state index is 13.1. The van der Waals surface area contributed by atoms with Gasteiger partial charge in [0, 0.05) is 6.07 Å². The number of oxazole rings is 1. The summed E-state index contributed by atoms with van der Waals surface area (Å²) in [6, 6.07) is 2.22. The Bertz CT molecular complexity index is 512. The van der Waals surface area contributed by atoms with E-state index in [1.807, 2.05) is 6.92 Å². The van der Waals surface area contributed by atoms with Crippen LogP contribution in [0.3, 0.4) is 0 Å². The first-order valence-corrected chi connectivity index (χ1v) is 5.50. The van der Waals surface area contributed by atoms with Crippen molar-refractivity contribution in [3.8, 4) is 0 Å². The maximum Gasteiger partial charge on any atom is 0.212 e. The minimum atomic E-state index is -0.429. The van der Waals surface area contributed by atoms with Crippen LogP contribution in [0.2, 0.25) is 5.02 Å². The Labute approximate surface area is 97.4 Å². The van der Waals surface area contributed by atoms with Gasteiger partial charge in [0.1, 0.15) is 11.3 Å². The molecular weight excluding hydrogens is 231 g/mol. The van der Waals surface area contributed by atoms with Gasteiger partial charge in [-0.05, 0) is 12.5 Å². The van der Waals surface area contributed by atoms with Gasteiger partial charge in [-0.15, -0.1) is 0 Å². The van der Waals surface area contributed by atoms with Crippen molar-refractivity contribution < 1.29 is 8.81 Å². The molecule has 5 heteroatoms. The molecule has 0 spiro atoms. The lowest BCUT2D eigenvalue weighted by molar-refractivity contribution is 0.456. The molecule has 2 N–H and O–H groups in total. The highest BCUT2D eigenvalue weighted by molar-refractivity contribution is 6.34. The molecule has 16 heavy (non-hydrogen) atoms. The van der Waals surface area contributed by atoms with Crippen molar-refractivity contribution in [1.82, 2.24) is 4.98 Å². The van der Waals surface area contributed by atoms with E-state index in [1.165, 1.54) is 12.1 Å². The van der Waals surface area contributed by atoms with Gasteiger partial charge in [-0.1, -0.05) is 24.9 Å². The van der Waals surface area contributed by atoms with E-state index >= 15 is 0 Å². The third-order valence-corrected chi connectivity index (χ3v) is 2.62. The smallest absolute Gasteiger partial charge is 0.212 e. The van der Waals surface area contributed by atoms with E-state index in [2.05, 4.69) is 4.98 Å². The average molecular weight is 243 g/mol. The topological polar surface area (TPSA) is 52.0 Å². The van der Waals surface area contributed by atoms with Gasteiger partial charge in [0.15, 0.2) is 5.58 Å². The van der Waals surface area contributed by atoms with Crippen molar-refractivity contribution in [1.29, 1.82) is 0 Å². The molecule has 3 nitrogen and oxygen atoms in total. The van der Waals surface area contributed by atoms with Crippen LogP contribution in [0.25, 0.3) is 11.1 Å². The molecule has 0 fully saturated rings. The minimum Gasteiger partial charge on any atom is -0.437 e. The standard InChI is InChI=1S/C11H12ClFN2O/c1-2-3-8(14)11-15-9-5-6(13)4-7(12)10(9)16-11/h4-5,8H,2-3,14H2,1H3. The number of aromatic nitrogens is 1. The van der Waals surface area contributed by atoms with Crippen molar-refractivity contribution in [2.75, 3.05) is 0 Å². The highest BCUT2D eigenvalue weighted by atomic mass is 35.5. The number of hydrogen-bond donors (Lipinski definition) is 1. The fourth-order valence-corrected chi connectivity index (χ4v) is 1.81. The lowest BCUT2D eigenvalue weighted by Crippen LogP contribution is -2.09. The predicted molar refractivity (Wildman–Crippen MR) is 60.8 cm³/mol. The molecule has 0 saturated carbocycles. The zero-order valence-electron chi connectivity index (χ0n) is 8.84. The number of benzene rings is 1. The monoisotopic (exact) mass is 242 g/mol. The third-order valence-electron chi connectivity index (χ3n) is 2.34. The van der Waals surface area contributed by atoms with E-state index in [9.17, 15) is 4.39 Å². The van der Waals surface area contributed by atoms with Crippen LogP contribution in [0.1, 0.15) is 31.7 Å². The van der Waals surface area contributed by atoms with Gasteiger partial charge >= 0.3 is 0 Å². The van der Waals surface area contributed by atoms with Gasteiger partial charge in [0.05, 0.1) is 11.1 Å². The van der Waals surface area contributed by atoms with Gasteiger partial charge in [-0.3, -0.25) is 0 Å². The van der Waals surface area contributed by atoms with E-state index in [-0.39, 0.29) is 11.1 Å². The Morgan fingerprint density at radius 3 is 3.00 bits per heavy atom. The molecule has 1 aromatic carbocycles. The average Bonchev–Trinajstić information content (AvgIpc) is 2.62. The fraction of sp³-hybridized carbons (Fsp3) is 0.364. The SMILES string of the molecule is CCCC(N)c1nc2cc(F)cc(Cl)c2o1. The van der Waals surface area contributed by atoms with E-state index in [0.717, 1.165) is 12.8 Å². The first kappa shape index (κ1) is 11.4. The summed E-state index contributed by atoms with van der Waals surface area (Å²) in [4.78, 5) is 4.14. The summed E-state index contributed by atoms with van der Waals surface area (Å²) >= 11 is 5.84. The van der Waals surface area contributed by atoms with E-state index in [0.29, 0.717) is 17.0 Å². The van der Waals surface area contributed by atoms with Crippen LogP contribution >= 0.6 is 11.6 Å². The lowest BCUT2D eigenvalue weighted by Gasteiger charge is -2.03. The summed E-state index contributed by atoms with van der Waals surface area (Å²) in [6.07, 6.45) is 1.70. The second-order valence-electron chi connectivity index (χ2n) is 3.68. The lowest BCUT2D eigenvalue weighted by atomic mass is 10.2. The van der Waals surface area contributed by atoms with Crippen LogP contribution < -0.4 is 5.73 Å². The molecule has 86 valence electrons. The Morgan fingerprint density at radius 2 is 2.31 bits per heavy atom. The summed E-state index contributed by atoms with van der Waals surface area (Å²) in [5, 5.41) is 0.220. The van der Waals surface area contributed by atoms with Crippen LogP contribution in [0, 0.1) is 5.82 Å². The van der Waals surface area contributed by atoms with Gasteiger partial charge < -0.3 is 10.2 Å². The van der Waals surface area contributed by atoms with E-state index in [1.54, 1.807) is 0 Å². The molecule has 0 aliphatic rings. The molecule has 0 bridgehead atoms. The molecule has 0 radical (unpaired) electrons. The minimum absolute atomic E-state index is 0.220. The van der Waals surface area contributed by atoms with Gasteiger partial charge in [0.2, 0.25) is 5.89 Å². The molecule has 0 amide bonds. The number of fused-ring (bicyclic) bond motifs is 1. The molecular formula is C11H12ClFN2O. The van der Waals surface area contributed by atoms with Crippen molar-refractivity contribution in [3.05, 3.63) is 28.9 Å². The highest BCUT2D eigenvalue weighted by Crippen LogP contribution is 2.28. The van der Waals surface area contributed by atoms with Crippen molar-refractivity contribution >= 4 is 22.7 Å². The number of halogens is 2. The zero-order valence-corrected chi connectivity index (χ0v) is 9.59. The largest absolute Gasteiger partial charge is 0.437 e. The third kappa shape index (κ3) is 2.03. The molecule has 1 aromatic heterocycles. The molecule has 1 unspecified atom stereocenters. The zero-order chi connectivity index (χ0) is 11.7. The highest BCUT2D eigenvalue weighted by Gasteiger charge is 2.15. The predicted octanol–water partition coefficient (Wildman–Crippen LogP) is 3.42. The van der Waals surface area contributed by atoms with E-state index in [4.69, 9.17) is 21.8 Å². The van der Waals surface area contributed by atoms with Crippen molar-refractivity contribution in [2.45, 2.75) is 25.8 Å². The summed E-state index contributed by atoms with van der Waals surface area (Å²) in [5.41, 5.74) is 6.67. The second-order valence-corrected chi connectivity index (χ2v) is 4.09. The number of rotatable bonds is 3. The molecule has 1 atom stereocenters. The Kier molecular flexibility index (Phi) is 3.12.